The van der Waals surface area contributed by atoms with E-state index in [1.165, 1.54) is 83.5 Å². The molecule has 2 N–H and O–H groups in total. The fraction of sp³-hybridized carbons (Fsp3) is 0.606. The standard InChI is InChI=1S/C33H46N2O3/c36-33(29-18-14-22-34-29)35-32-27-17-12-13-19-30(27)38-31-23-26(20-21-28(31)32)37-24-25-15-10-8-6-4-2-1-3-5-7-9-11-16-25/h12-13,17,19-21,23,25,29,32,34H,1-11,14-16,18,22,24H2,(H,35,36). The van der Waals surface area contributed by atoms with E-state index in [1.807, 2.05) is 36.4 Å². The molecule has 0 aromatic heterocycles. The Bertz CT molecular complexity index is 1020. The highest BCUT2D eigenvalue weighted by Gasteiger charge is 2.31. The van der Waals surface area contributed by atoms with Gasteiger partial charge in [0.1, 0.15) is 17.2 Å². The van der Waals surface area contributed by atoms with Crippen LogP contribution in [0.3, 0.4) is 0 Å². The molecule has 0 radical (unpaired) electrons. The Morgan fingerprint density at radius 2 is 1.45 bits per heavy atom. The summed E-state index contributed by atoms with van der Waals surface area (Å²) >= 11 is 0. The van der Waals surface area contributed by atoms with Crippen LogP contribution in [-0.4, -0.2) is 25.1 Å². The van der Waals surface area contributed by atoms with Crippen LogP contribution in [0, 0.1) is 5.92 Å². The van der Waals surface area contributed by atoms with Gasteiger partial charge in [-0.15, -0.1) is 0 Å². The van der Waals surface area contributed by atoms with Crippen molar-refractivity contribution in [2.24, 2.45) is 5.92 Å². The Morgan fingerprint density at radius 3 is 2.13 bits per heavy atom. The lowest BCUT2D eigenvalue weighted by Crippen LogP contribution is -2.42. The first kappa shape index (κ1) is 27.1. The Hall–Kier alpha value is -2.53. The minimum atomic E-state index is -0.224. The maximum Gasteiger partial charge on any atom is 0.237 e. The molecule has 5 heteroatoms. The van der Waals surface area contributed by atoms with Crippen LogP contribution in [0.25, 0.3) is 0 Å². The molecule has 2 unspecified atom stereocenters. The van der Waals surface area contributed by atoms with Gasteiger partial charge in [0.15, 0.2) is 0 Å². The minimum absolute atomic E-state index is 0.0595. The lowest BCUT2D eigenvalue weighted by atomic mass is 9.93. The van der Waals surface area contributed by atoms with Crippen molar-refractivity contribution in [3.05, 3.63) is 53.6 Å². The molecule has 206 valence electrons. The molecule has 1 aliphatic carbocycles. The zero-order chi connectivity index (χ0) is 26.0. The number of benzene rings is 2. The number of amides is 1. The Labute approximate surface area is 229 Å². The predicted molar refractivity (Wildman–Crippen MR) is 153 cm³/mol. The van der Waals surface area contributed by atoms with E-state index >= 15 is 0 Å². The van der Waals surface area contributed by atoms with Gasteiger partial charge in [0, 0.05) is 17.2 Å². The molecule has 5 nitrogen and oxygen atoms in total. The van der Waals surface area contributed by atoms with E-state index in [-0.39, 0.29) is 18.0 Å². The Balaban J connectivity index is 1.24. The van der Waals surface area contributed by atoms with Gasteiger partial charge in [-0.3, -0.25) is 4.79 Å². The Morgan fingerprint density at radius 1 is 0.789 bits per heavy atom. The first-order valence-corrected chi connectivity index (χ1v) is 15.4. The van der Waals surface area contributed by atoms with Crippen molar-refractivity contribution in [1.82, 2.24) is 10.6 Å². The summed E-state index contributed by atoms with van der Waals surface area (Å²) in [5.74, 6) is 3.10. The zero-order valence-corrected chi connectivity index (χ0v) is 23.0. The third kappa shape index (κ3) is 7.31. The fourth-order valence-electron chi connectivity index (χ4n) is 6.32. The third-order valence-electron chi connectivity index (χ3n) is 8.62. The SMILES string of the molecule is O=C(NC1c2ccccc2Oc2cc(OCC3CCCCCCCCCCCCC3)ccc21)C1CCCN1. The monoisotopic (exact) mass is 518 g/mol. The van der Waals surface area contributed by atoms with Crippen molar-refractivity contribution in [2.45, 2.75) is 108 Å². The molecule has 1 amide bonds. The number of carbonyl (C=O) groups is 1. The summed E-state index contributed by atoms with van der Waals surface area (Å²) in [6, 6.07) is 13.8. The molecular weight excluding hydrogens is 472 g/mol. The second-order valence-electron chi connectivity index (χ2n) is 11.6. The van der Waals surface area contributed by atoms with E-state index < -0.39 is 0 Å². The highest BCUT2D eigenvalue weighted by molar-refractivity contribution is 5.83. The van der Waals surface area contributed by atoms with Gasteiger partial charge in [-0.2, -0.15) is 0 Å². The molecule has 1 saturated heterocycles. The summed E-state index contributed by atoms with van der Waals surface area (Å²) in [5, 5.41) is 6.61. The highest BCUT2D eigenvalue weighted by atomic mass is 16.5. The highest BCUT2D eigenvalue weighted by Crippen LogP contribution is 2.44. The number of para-hydroxylation sites is 1. The third-order valence-corrected chi connectivity index (χ3v) is 8.62. The molecule has 0 bridgehead atoms. The van der Waals surface area contributed by atoms with Gasteiger partial charge in [0.05, 0.1) is 18.7 Å². The molecule has 5 rings (SSSR count). The van der Waals surface area contributed by atoms with Crippen molar-refractivity contribution in [1.29, 1.82) is 0 Å². The van der Waals surface area contributed by atoms with Crippen LogP contribution in [0.5, 0.6) is 17.2 Å². The molecule has 3 aliphatic rings. The van der Waals surface area contributed by atoms with E-state index in [1.54, 1.807) is 0 Å². The van der Waals surface area contributed by atoms with Crippen LogP contribution < -0.4 is 20.1 Å². The molecule has 1 saturated carbocycles. The average molecular weight is 519 g/mol. The van der Waals surface area contributed by atoms with Crippen LogP contribution in [-0.2, 0) is 4.79 Å². The predicted octanol–water partition coefficient (Wildman–Crippen LogP) is 7.83. The van der Waals surface area contributed by atoms with Crippen molar-refractivity contribution >= 4 is 5.91 Å². The van der Waals surface area contributed by atoms with Crippen molar-refractivity contribution < 1.29 is 14.3 Å². The van der Waals surface area contributed by atoms with E-state index in [4.69, 9.17) is 9.47 Å². The first-order valence-electron chi connectivity index (χ1n) is 15.4. The quantitative estimate of drug-likeness (QED) is 0.423. The second-order valence-corrected chi connectivity index (χ2v) is 11.6. The number of nitrogens with one attached hydrogen (secondary N) is 2. The van der Waals surface area contributed by atoms with E-state index in [2.05, 4.69) is 16.7 Å². The molecule has 2 atom stereocenters. The van der Waals surface area contributed by atoms with E-state index in [0.29, 0.717) is 5.92 Å². The summed E-state index contributed by atoms with van der Waals surface area (Å²) < 4.78 is 12.7. The maximum atomic E-state index is 13.0. The van der Waals surface area contributed by atoms with Gasteiger partial charge in [0.2, 0.25) is 5.91 Å². The molecule has 0 spiro atoms. The smallest absolute Gasteiger partial charge is 0.237 e. The van der Waals surface area contributed by atoms with Crippen molar-refractivity contribution in [3.63, 3.8) is 0 Å². The van der Waals surface area contributed by atoms with Gasteiger partial charge >= 0.3 is 0 Å². The number of hydrogen-bond acceptors (Lipinski definition) is 4. The van der Waals surface area contributed by atoms with Crippen LogP contribution >= 0.6 is 0 Å². The first-order chi connectivity index (χ1) is 18.8. The van der Waals surface area contributed by atoms with Crippen LogP contribution in [0.15, 0.2) is 42.5 Å². The van der Waals surface area contributed by atoms with Gasteiger partial charge in [-0.1, -0.05) is 88.8 Å². The van der Waals surface area contributed by atoms with Gasteiger partial charge < -0.3 is 20.1 Å². The Kier molecular flexibility index (Phi) is 9.99. The zero-order valence-electron chi connectivity index (χ0n) is 23.0. The summed E-state index contributed by atoms with van der Waals surface area (Å²) in [7, 11) is 0. The normalized spacial score (nSPS) is 23.4. The van der Waals surface area contributed by atoms with E-state index in [0.717, 1.165) is 54.4 Å². The van der Waals surface area contributed by atoms with Crippen LogP contribution in [0.4, 0.5) is 0 Å². The van der Waals surface area contributed by atoms with Gasteiger partial charge in [0.25, 0.3) is 0 Å². The molecule has 2 aliphatic heterocycles. The van der Waals surface area contributed by atoms with Crippen molar-refractivity contribution in [2.75, 3.05) is 13.2 Å². The van der Waals surface area contributed by atoms with Gasteiger partial charge in [-0.05, 0) is 56.3 Å². The summed E-state index contributed by atoms with van der Waals surface area (Å²) in [6.07, 6.45) is 19.6. The lowest BCUT2D eigenvalue weighted by molar-refractivity contribution is -0.123. The topological polar surface area (TPSA) is 59.6 Å². The van der Waals surface area contributed by atoms with E-state index in [9.17, 15) is 4.79 Å². The lowest BCUT2D eigenvalue weighted by Gasteiger charge is -2.30. The molecule has 2 fully saturated rings. The van der Waals surface area contributed by atoms with Gasteiger partial charge in [-0.25, -0.2) is 0 Å². The number of hydrogen-bond donors (Lipinski definition) is 2. The largest absolute Gasteiger partial charge is 0.493 e. The minimum Gasteiger partial charge on any atom is -0.493 e. The molecule has 38 heavy (non-hydrogen) atoms. The number of ether oxygens (including phenoxy) is 2. The molecule has 2 aromatic carbocycles. The summed E-state index contributed by atoms with van der Waals surface area (Å²) in [4.78, 5) is 13.0. The van der Waals surface area contributed by atoms with Crippen LogP contribution in [0.2, 0.25) is 0 Å². The number of fused-ring (bicyclic) bond motifs is 2. The maximum absolute atomic E-state index is 13.0. The molecular formula is C33H46N2O3. The molecule has 2 heterocycles. The number of carbonyl (C=O) groups excluding carboxylic acids is 1. The second kappa shape index (κ2) is 14.0. The average Bonchev–Trinajstić information content (AvgIpc) is 3.48. The fourth-order valence-corrected chi connectivity index (χ4v) is 6.32. The van der Waals surface area contributed by atoms with Crippen molar-refractivity contribution in [3.8, 4) is 17.2 Å². The molecule has 2 aromatic rings. The van der Waals surface area contributed by atoms with Crippen LogP contribution in [0.1, 0.15) is 113 Å². The number of rotatable bonds is 5. The summed E-state index contributed by atoms with van der Waals surface area (Å²) in [5.41, 5.74) is 1.99. The summed E-state index contributed by atoms with van der Waals surface area (Å²) in [6.45, 7) is 1.67.